The number of hydrogen-bond donors (Lipinski definition) is 0. The maximum Gasteiger partial charge on any atom is -0.0270 e. The van der Waals surface area contributed by atoms with E-state index >= 15 is 0 Å². The highest BCUT2D eigenvalue weighted by Crippen LogP contribution is 2.45. The molecule has 0 aromatic rings. The van der Waals surface area contributed by atoms with Crippen LogP contribution in [0.15, 0.2) is 0 Å². The van der Waals surface area contributed by atoms with Gasteiger partial charge < -0.3 is 0 Å². The van der Waals surface area contributed by atoms with E-state index in [1.54, 1.807) is 0 Å². The molecule has 0 N–H and O–H groups in total. The topological polar surface area (TPSA) is 0 Å². The zero-order valence-electron chi connectivity index (χ0n) is 13.1. The number of hydrogen-bond acceptors (Lipinski definition) is 0. The third-order valence-electron chi connectivity index (χ3n) is 4.51. The minimum absolute atomic E-state index is 0.669. The summed E-state index contributed by atoms with van der Waals surface area (Å²) in [7, 11) is 0. The third kappa shape index (κ3) is 5.44. The van der Waals surface area contributed by atoms with Gasteiger partial charge in [0.05, 0.1) is 0 Å². The monoisotopic (exact) mass is 240 g/mol. The summed E-state index contributed by atoms with van der Waals surface area (Å²) >= 11 is 0. The summed E-state index contributed by atoms with van der Waals surface area (Å²) in [4.78, 5) is 0. The Labute approximate surface area is 111 Å². The van der Waals surface area contributed by atoms with E-state index in [4.69, 9.17) is 0 Å². The molecule has 104 valence electrons. The zero-order chi connectivity index (χ0) is 13.1. The van der Waals surface area contributed by atoms with Crippen LogP contribution in [-0.2, 0) is 0 Å². The molecule has 0 rings (SSSR count). The Morgan fingerprint density at radius 2 is 1.18 bits per heavy atom. The van der Waals surface area contributed by atoms with Crippen LogP contribution in [0.5, 0.6) is 0 Å². The zero-order valence-corrected chi connectivity index (χ0v) is 13.1. The second-order valence-electron chi connectivity index (χ2n) is 5.86. The predicted molar refractivity (Wildman–Crippen MR) is 80.5 cm³/mol. The first-order chi connectivity index (χ1) is 8.20. The molecule has 0 aromatic heterocycles. The highest BCUT2D eigenvalue weighted by Gasteiger charge is 2.34. The molecule has 0 aliphatic carbocycles. The van der Waals surface area contributed by atoms with E-state index < -0.39 is 0 Å². The Morgan fingerprint density at radius 3 is 1.47 bits per heavy atom. The second-order valence-corrected chi connectivity index (χ2v) is 5.86. The van der Waals surface area contributed by atoms with Crippen LogP contribution in [0, 0.1) is 11.3 Å². The quantitative estimate of drug-likeness (QED) is 0.382. The summed E-state index contributed by atoms with van der Waals surface area (Å²) in [5.74, 6) is 0.974. The van der Waals surface area contributed by atoms with Crippen molar-refractivity contribution in [2.75, 3.05) is 0 Å². The molecule has 0 heteroatoms. The van der Waals surface area contributed by atoms with Crippen molar-refractivity contribution in [3.05, 3.63) is 0 Å². The van der Waals surface area contributed by atoms with Gasteiger partial charge in [-0.15, -0.1) is 0 Å². The van der Waals surface area contributed by atoms with E-state index in [1.807, 2.05) is 0 Å². The van der Waals surface area contributed by atoms with Crippen LogP contribution in [0.2, 0.25) is 0 Å². The summed E-state index contributed by atoms with van der Waals surface area (Å²) in [6.07, 6.45) is 14.1. The maximum absolute atomic E-state index is 2.41. The van der Waals surface area contributed by atoms with Crippen molar-refractivity contribution in [3.8, 4) is 0 Å². The van der Waals surface area contributed by atoms with Crippen LogP contribution in [0.4, 0.5) is 0 Å². The first-order valence-electron chi connectivity index (χ1n) is 8.20. The summed E-state index contributed by atoms with van der Waals surface area (Å²) in [6, 6.07) is 0. The summed E-state index contributed by atoms with van der Waals surface area (Å²) in [5, 5.41) is 0. The van der Waals surface area contributed by atoms with Crippen LogP contribution < -0.4 is 0 Å². The lowest BCUT2D eigenvalue weighted by molar-refractivity contribution is 0.0958. The van der Waals surface area contributed by atoms with Crippen molar-refractivity contribution in [1.82, 2.24) is 0 Å². The Morgan fingerprint density at radius 1 is 0.706 bits per heavy atom. The van der Waals surface area contributed by atoms with Crippen LogP contribution in [-0.4, -0.2) is 0 Å². The fraction of sp³-hybridized carbons (Fsp3) is 1.00. The average molecular weight is 240 g/mol. The lowest BCUT2D eigenvalue weighted by Crippen LogP contribution is -2.30. The van der Waals surface area contributed by atoms with E-state index in [1.165, 1.54) is 64.2 Å². The molecule has 0 aliphatic rings. The molecule has 0 bridgehead atoms. The fourth-order valence-corrected chi connectivity index (χ4v) is 3.87. The van der Waals surface area contributed by atoms with Crippen molar-refractivity contribution in [2.24, 2.45) is 11.3 Å². The highest BCUT2D eigenvalue weighted by molar-refractivity contribution is 4.85. The van der Waals surface area contributed by atoms with Crippen LogP contribution >= 0.6 is 0 Å². The van der Waals surface area contributed by atoms with Gasteiger partial charge in [0.1, 0.15) is 0 Å². The molecule has 0 spiro atoms. The van der Waals surface area contributed by atoms with Crippen LogP contribution in [0.25, 0.3) is 0 Å². The largest absolute Gasteiger partial charge is 0.0654 e. The van der Waals surface area contributed by atoms with E-state index in [9.17, 15) is 0 Å². The van der Waals surface area contributed by atoms with Crippen molar-refractivity contribution in [3.63, 3.8) is 0 Å². The summed E-state index contributed by atoms with van der Waals surface area (Å²) in [5.41, 5.74) is 0.669. The van der Waals surface area contributed by atoms with Gasteiger partial charge in [0.2, 0.25) is 0 Å². The Balaban J connectivity index is 4.76. The predicted octanol–water partition coefficient (Wildman–Crippen LogP) is 6.59. The van der Waals surface area contributed by atoms with E-state index in [2.05, 4.69) is 34.6 Å². The van der Waals surface area contributed by atoms with Gasteiger partial charge in [0.25, 0.3) is 0 Å². The Hall–Kier alpha value is 0. The molecule has 0 aliphatic heterocycles. The average Bonchev–Trinajstić information content (AvgIpc) is 2.31. The molecule has 1 atom stereocenters. The fourth-order valence-electron chi connectivity index (χ4n) is 3.87. The van der Waals surface area contributed by atoms with Gasteiger partial charge in [0, 0.05) is 0 Å². The van der Waals surface area contributed by atoms with Gasteiger partial charge in [0.15, 0.2) is 0 Å². The minimum atomic E-state index is 0.669. The molecule has 0 aromatic carbocycles. The minimum Gasteiger partial charge on any atom is -0.0654 e. The van der Waals surface area contributed by atoms with Crippen molar-refractivity contribution < 1.29 is 0 Å². The standard InChI is InChI=1S/C17H36/c1-6-11-12-16(10-5)17(13-7-2,14-8-3)15-9-4/h16H,6-15H2,1-5H3. The molecule has 0 radical (unpaired) electrons. The van der Waals surface area contributed by atoms with Gasteiger partial charge in [-0.3, -0.25) is 0 Å². The van der Waals surface area contributed by atoms with Crippen LogP contribution in [0.1, 0.15) is 98.8 Å². The van der Waals surface area contributed by atoms with Crippen molar-refractivity contribution in [1.29, 1.82) is 0 Å². The van der Waals surface area contributed by atoms with Crippen LogP contribution in [0.3, 0.4) is 0 Å². The van der Waals surface area contributed by atoms with Gasteiger partial charge in [-0.2, -0.15) is 0 Å². The molecule has 0 saturated heterocycles. The van der Waals surface area contributed by atoms with E-state index in [-0.39, 0.29) is 0 Å². The lowest BCUT2D eigenvalue weighted by Gasteiger charge is -2.41. The Kier molecular flexibility index (Phi) is 9.97. The molecule has 17 heavy (non-hydrogen) atoms. The molecule has 1 unspecified atom stereocenters. The van der Waals surface area contributed by atoms with Gasteiger partial charge >= 0.3 is 0 Å². The normalized spacial score (nSPS) is 13.9. The smallest absolute Gasteiger partial charge is 0.0270 e. The SMILES string of the molecule is CCCCC(CC)C(CCC)(CCC)CCC. The highest BCUT2D eigenvalue weighted by atomic mass is 14.4. The first-order valence-corrected chi connectivity index (χ1v) is 8.20. The van der Waals surface area contributed by atoms with E-state index in [0.717, 1.165) is 5.92 Å². The van der Waals surface area contributed by atoms with Gasteiger partial charge in [-0.1, -0.05) is 73.1 Å². The maximum atomic E-state index is 2.41. The van der Waals surface area contributed by atoms with Crippen molar-refractivity contribution >= 4 is 0 Å². The Bertz CT molecular complexity index is 142. The van der Waals surface area contributed by atoms with Gasteiger partial charge in [-0.25, -0.2) is 0 Å². The third-order valence-corrected chi connectivity index (χ3v) is 4.51. The molecule has 0 nitrogen and oxygen atoms in total. The van der Waals surface area contributed by atoms with Crippen molar-refractivity contribution in [2.45, 2.75) is 98.8 Å². The van der Waals surface area contributed by atoms with Gasteiger partial charge in [-0.05, 0) is 37.0 Å². The lowest BCUT2D eigenvalue weighted by atomic mass is 9.64. The number of unbranched alkanes of at least 4 members (excludes halogenated alkanes) is 1. The number of rotatable bonds is 11. The molecule has 0 amide bonds. The second kappa shape index (κ2) is 9.97. The summed E-state index contributed by atoms with van der Waals surface area (Å²) in [6.45, 7) is 11.8. The molecule has 0 fully saturated rings. The molecular formula is C17H36. The molecular weight excluding hydrogens is 204 g/mol. The van der Waals surface area contributed by atoms with E-state index in [0.29, 0.717) is 5.41 Å². The molecule has 0 heterocycles. The first kappa shape index (κ1) is 17.0. The summed E-state index contributed by atoms with van der Waals surface area (Å²) < 4.78 is 0. The molecule has 0 saturated carbocycles.